The lowest BCUT2D eigenvalue weighted by atomic mass is 10.2. The highest BCUT2D eigenvalue weighted by atomic mass is 35.5. The van der Waals surface area contributed by atoms with Crippen LogP contribution in [0.2, 0.25) is 5.02 Å². The molecule has 0 aliphatic rings. The molecule has 1 aromatic carbocycles. The molecule has 2 heterocycles. The van der Waals surface area contributed by atoms with E-state index < -0.39 is 24.3 Å². The number of nitrogens with one attached hydrogen (secondary N) is 1. The maximum absolute atomic E-state index is 12.5. The fraction of sp³-hybridized carbons (Fsp3) is 0.200. The number of hydrogen-bond donors (Lipinski definition) is 1. The van der Waals surface area contributed by atoms with Crippen LogP contribution in [0.3, 0.4) is 0 Å². The summed E-state index contributed by atoms with van der Waals surface area (Å²) in [7, 11) is 0. The molecule has 7 nitrogen and oxygen atoms in total. The molecule has 1 amide bonds. The normalized spacial score (nSPS) is 11.5. The third kappa shape index (κ3) is 4.39. The number of nitrogens with zero attached hydrogens (tertiary/aromatic N) is 5. The van der Waals surface area contributed by atoms with Gasteiger partial charge in [-0.3, -0.25) is 14.8 Å². The lowest BCUT2D eigenvalue weighted by Gasteiger charge is -2.04. The molecule has 0 saturated heterocycles. The van der Waals surface area contributed by atoms with Gasteiger partial charge in [0.05, 0.1) is 6.54 Å². The number of amides is 1. The minimum absolute atomic E-state index is 0.0326. The Morgan fingerprint density at radius 1 is 1.15 bits per heavy atom. The highest BCUT2D eigenvalue weighted by Crippen LogP contribution is 2.27. The Morgan fingerprint density at radius 3 is 2.62 bits per heavy atom. The molecule has 0 aliphatic carbocycles. The van der Waals surface area contributed by atoms with E-state index in [4.69, 9.17) is 11.6 Å². The second kappa shape index (κ2) is 7.16. The van der Waals surface area contributed by atoms with Crippen LogP contribution in [0.25, 0.3) is 0 Å². The molecule has 2 aromatic heterocycles. The van der Waals surface area contributed by atoms with Crippen molar-refractivity contribution < 1.29 is 18.0 Å². The van der Waals surface area contributed by atoms with Crippen LogP contribution in [0.4, 0.5) is 19.1 Å². The summed E-state index contributed by atoms with van der Waals surface area (Å²) in [5.74, 6) is -0.567. The maximum Gasteiger partial charge on any atom is 0.435 e. The first-order valence-corrected chi connectivity index (χ1v) is 7.72. The van der Waals surface area contributed by atoms with Crippen LogP contribution in [-0.4, -0.2) is 30.5 Å². The molecule has 1 N–H and O–H groups in total. The number of rotatable bonds is 5. The monoisotopic (exact) mass is 384 g/mol. The zero-order valence-electron chi connectivity index (χ0n) is 13.1. The predicted octanol–water partition coefficient (Wildman–Crippen LogP) is 2.83. The number of benzene rings is 1. The first kappa shape index (κ1) is 17.9. The Labute approximate surface area is 150 Å². The van der Waals surface area contributed by atoms with Crippen LogP contribution >= 0.6 is 11.6 Å². The van der Waals surface area contributed by atoms with Gasteiger partial charge >= 0.3 is 6.18 Å². The molecule has 0 saturated carbocycles. The molecule has 0 fully saturated rings. The van der Waals surface area contributed by atoms with E-state index >= 15 is 0 Å². The summed E-state index contributed by atoms with van der Waals surface area (Å²) < 4.78 is 39.8. The third-order valence-corrected chi connectivity index (χ3v) is 3.68. The van der Waals surface area contributed by atoms with Gasteiger partial charge in [-0.1, -0.05) is 29.8 Å². The van der Waals surface area contributed by atoms with Gasteiger partial charge < -0.3 is 0 Å². The lowest BCUT2D eigenvalue weighted by molar-refractivity contribution is -0.141. The second-order valence-corrected chi connectivity index (χ2v) is 5.71. The summed E-state index contributed by atoms with van der Waals surface area (Å²) in [5.41, 5.74) is -0.236. The fourth-order valence-electron chi connectivity index (χ4n) is 2.14. The SMILES string of the molecule is O=C(Cn1ccc(C(F)(F)F)n1)Nc1ncn(Cc2ccccc2Cl)n1. The Hall–Kier alpha value is -2.88. The average Bonchev–Trinajstić information content (AvgIpc) is 3.19. The molecular weight excluding hydrogens is 373 g/mol. The summed E-state index contributed by atoms with van der Waals surface area (Å²) in [6.45, 7) is -0.0359. The summed E-state index contributed by atoms with van der Waals surface area (Å²) >= 11 is 6.07. The third-order valence-electron chi connectivity index (χ3n) is 3.31. The number of alkyl halides is 3. The number of hydrogen-bond acceptors (Lipinski definition) is 4. The first-order valence-electron chi connectivity index (χ1n) is 7.34. The van der Waals surface area contributed by atoms with Gasteiger partial charge in [0.2, 0.25) is 11.9 Å². The van der Waals surface area contributed by atoms with Crippen molar-refractivity contribution in [1.29, 1.82) is 0 Å². The van der Waals surface area contributed by atoms with Crippen LogP contribution in [0, 0.1) is 0 Å². The molecule has 11 heteroatoms. The van der Waals surface area contributed by atoms with E-state index in [1.807, 2.05) is 12.1 Å². The summed E-state index contributed by atoms with van der Waals surface area (Å²) in [6.07, 6.45) is -2.07. The summed E-state index contributed by atoms with van der Waals surface area (Å²) in [5, 5.41) is 10.4. The number of anilines is 1. The smallest absolute Gasteiger partial charge is 0.292 e. The number of carbonyl (C=O) groups is 1. The van der Waals surface area contributed by atoms with Crippen molar-refractivity contribution in [2.75, 3.05) is 5.32 Å². The van der Waals surface area contributed by atoms with Crippen LogP contribution in [0.1, 0.15) is 11.3 Å². The topological polar surface area (TPSA) is 77.6 Å². The molecule has 136 valence electrons. The van der Waals surface area contributed by atoms with Gasteiger partial charge in [0.15, 0.2) is 5.69 Å². The maximum atomic E-state index is 12.5. The van der Waals surface area contributed by atoms with E-state index in [-0.39, 0.29) is 5.95 Å². The highest BCUT2D eigenvalue weighted by molar-refractivity contribution is 6.31. The summed E-state index contributed by atoms with van der Waals surface area (Å²) in [6, 6.07) is 8.01. The predicted molar refractivity (Wildman–Crippen MR) is 86.4 cm³/mol. The molecule has 0 aliphatic heterocycles. The van der Waals surface area contributed by atoms with Crippen molar-refractivity contribution in [3.8, 4) is 0 Å². The van der Waals surface area contributed by atoms with E-state index in [0.29, 0.717) is 11.6 Å². The van der Waals surface area contributed by atoms with Crippen molar-refractivity contribution in [1.82, 2.24) is 24.5 Å². The van der Waals surface area contributed by atoms with Crippen LogP contribution in [-0.2, 0) is 24.1 Å². The van der Waals surface area contributed by atoms with E-state index in [1.165, 1.54) is 11.0 Å². The van der Waals surface area contributed by atoms with Crippen molar-refractivity contribution in [2.45, 2.75) is 19.3 Å². The Balaban J connectivity index is 1.59. The van der Waals surface area contributed by atoms with E-state index in [1.54, 1.807) is 12.1 Å². The highest BCUT2D eigenvalue weighted by Gasteiger charge is 2.33. The van der Waals surface area contributed by atoms with Gasteiger partial charge in [-0.15, -0.1) is 5.10 Å². The molecule has 0 bridgehead atoms. The Bertz CT molecular complexity index is 920. The fourth-order valence-corrected chi connectivity index (χ4v) is 2.34. The molecule has 0 spiro atoms. The zero-order chi connectivity index (χ0) is 18.7. The molecule has 3 aromatic rings. The molecule has 26 heavy (non-hydrogen) atoms. The molecular formula is C15H12ClF3N6O. The Kier molecular flexibility index (Phi) is 4.94. The molecule has 3 rings (SSSR count). The van der Waals surface area contributed by atoms with Crippen molar-refractivity contribution in [3.05, 3.63) is 59.1 Å². The number of aromatic nitrogens is 5. The lowest BCUT2D eigenvalue weighted by Crippen LogP contribution is -2.20. The average molecular weight is 385 g/mol. The van der Waals surface area contributed by atoms with E-state index in [2.05, 4.69) is 20.5 Å². The van der Waals surface area contributed by atoms with Crippen molar-refractivity contribution >= 4 is 23.5 Å². The molecule has 0 unspecified atom stereocenters. The Morgan fingerprint density at radius 2 is 1.92 bits per heavy atom. The molecule has 0 atom stereocenters. The van der Waals surface area contributed by atoms with Gasteiger partial charge in [-0.25, -0.2) is 9.67 Å². The van der Waals surface area contributed by atoms with Crippen molar-refractivity contribution in [2.24, 2.45) is 0 Å². The van der Waals surface area contributed by atoms with E-state index in [9.17, 15) is 18.0 Å². The van der Waals surface area contributed by atoms with Crippen LogP contribution in [0.15, 0.2) is 42.9 Å². The standard InChI is InChI=1S/C15H12ClF3N6O/c16-11-4-2-1-3-10(11)7-25-9-20-14(23-25)21-13(26)8-24-6-5-12(22-24)15(17,18)19/h1-6,9H,7-8H2,(H,21,23,26). The van der Waals surface area contributed by atoms with E-state index in [0.717, 1.165) is 22.5 Å². The minimum atomic E-state index is -4.55. The van der Waals surface area contributed by atoms with Gasteiger partial charge in [-0.05, 0) is 17.7 Å². The zero-order valence-corrected chi connectivity index (χ0v) is 13.9. The summed E-state index contributed by atoms with van der Waals surface area (Å²) in [4.78, 5) is 15.8. The van der Waals surface area contributed by atoms with Crippen molar-refractivity contribution in [3.63, 3.8) is 0 Å². The van der Waals surface area contributed by atoms with Gasteiger partial charge in [-0.2, -0.15) is 18.3 Å². The first-order chi connectivity index (χ1) is 12.3. The molecule has 0 radical (unpaired) electrons. The van der Waals surface area contributed by atoms with Crippen LogP contribution < -0.4 is 5.32 Å². The van der Waals surface area contributed by atoms with Gasteiger partial charge in [0.25, 0.3) is 0 Å². The quantitative estimate of drug-likeness (QED) is 0.733. The number of carbonyl (C=O) groups excluding carboxylic acids is 1. The van der Waals surface area contributed by atoms with Crippen LogP contribution in [0.5, 0.6) is 0 Å². The second-order valence-electron chi connectivity index (χ2n) is 5.30. The minimum Gasteiger partial charge on any atom is -0.292 e. The largest absolute Gasteiger partial charge is 0.435 e. The van der Waals surface area contributed by atoms with Gasteiger partial charge in [0.1, 0.15) is 12.9 Å². The number of halogens is 4. The van der Waals surface area contributed by atoms with Gasteiger partial charge in [0, 0.05) is 11.2 Å².